The van der Waals surface area contributed by atoms with E-state index in [0.29, 0.717) is 11.0 Å². The zero-order valence-corrected chi connectivity index (χ0v) is 11.5. The molecule has 0 spiro atoms. The average molecular weight is 336 g/mol. The summed E-state index contributed by atoms with van der Waals surface area (Å²) in [4.78, 5) is 14.7. The van der Waals surface area contributed by atoms with Gasteiger partial charge in [0.2, 0.25) is 0 Å². The molecular formula is C13H7BrFN3O2. The Bertz CT molecular complexity index is 832. The Morgan fingerprint density at radius 2 is 2.05 bits per heavy atom. The number of halogens is 2. The first kappa shape index (κ1) is 12.7. The van der Waals surface area contributed by atoms with Gasteiger partial charge in [0.15, 0.2) is 0 Å². The molecule has 0 unspecified atom stereocenters. The van der Waals surface area contributed by atoms with E-state index in [2.05, 4.69) is 20.9 Å². The third-order valence-electron chi connectivity index (χ3n) is 2.93. The molecule has 0 aliphatic rings. The topological polar surface area (TPSA) is 61.0 Å². The Morgan fingerprint density at radius 3 is 2.80 bits per heavy atom. The summed E-state index contributed by atoms with van der Waals surface area (Å²) in [7, 11) is 0. The van der Waals surface area contributed by atoms with Crippen molar-refractivity contribution in [1.29, 1.82) is 0 Å². The van der Waals surface area contributed by atoms with Crippen molar-refractivity contribution in [1.82, 2.24) is 9.55 Å². The van der Waals surface area contributed by atoms with Gasteiger partial charge in [-0.05, 0) is 34.1 Å². The number of nitro groups is 1. The van der Waals surface area contributed by atoms with Gasteiger partial charge >= 0.3 is 0 Å². The van der Waals surface area contributed by atoms with Gasteiger partial charge in [0.25, 0.3) is 5.69 Å². The quantitative estimate of drug-likeness (QED) is 0.528. The molecular weight excluding hydrogens is 329 g/mol. The van der Waals surface area contributed by atoms with Crippen molar-refractivity contribution in [2.24, 2.45) is 0 Å². The highest BCUT2D eigenvalue weighted by atomic mass is 79.9. The largest absolute Gasteiger partial charge is 0.296 e. The van der Waals surface area contributed by atoms with Gasteiger partial charge in [-0.1, -0.05) is 12.1 Å². The zero-order chi connectivity index (χ0) is 14.3. The van der Waals surface area contributed by atoms with Crippen LogP contribution >= 0.6 is 15.9 Å². The van der Waals surface area contributed by atoms with Crippen LogP contribution in [-0.2, 0) is 0 Å². The first-order valence-corrected chi connectivity index (χ1v) is 6.43. The van der Waals surface area contributed by atoms with Gasteiger partial charge in [-0.15, -0.1) is 0 Å². The van der Waals surface area contributed by atoms with Crippen molar-refractivity contribution in [2.75, 3.05) is 0 Å². The molecule has 0 atom stereocenters. The minimum atomic E-state index is -0.676. The van der Waals surface area contributed by atoms with Crippen molar-refractivity contribution >= 4 is 32.7 Å². The van der Waals surface area contributed by atoms with Crippen molar-refractivity contribution in [3.63, 3.8) is 0 Å². The number of fused-ring (bicyclic) bond motifs is 1. The normalized spacial score (nSPS) is 10.9. The maximum Gasteiger partial charge on any atom is 0.296 e. The fraction of sp³-hybridized carbons (Fsp3) is 0. The second-order valence-corrected chi connectivity index (χ2v) is 4.97. The molecule has 0 radical (unpaired) electrons. The molecule has 1 aromatic heterocycles. The van der Waals surface area contributed by atoms with Gasteiger partial charge in [0, 0.05) is 0 Å². The van der Waals surface area contributed by atoms with Crippen LogP contribution in [0.1, 0.15) is 0 Å². The van der Waals surface area contributed by atoms with E-state index in [9.17, 15) is 14.5 Å². The van der Waals surface area contributed by atoms with Crippen LogP contribution in [-0.4, -0.2) is 14.5 Å². The summed E-state index contributed by atoms with van der Waals surface area (Å²) in [5, 5.41) is 11.1. The van der Waals surface area contributed by atoms with E-state index in [1.165, 1.54) is 12.4 Å². The first-order valence-electron chi connectivity index (χ1n) is 5.64. The summed E-state index contributed by atoms with van der Waals surface area (Å²) in [6.45, 7) is 0. The molecule has 0 N–H and O–H groups in total. The maximum absolute atomic E-state index is 13.5. The van der Waals surface area contributed by atoms with Crippen molar-refractivity contribution in [2.45, 2.75) is 0 Å². The summed E-state index contributed by atoms with van der Waals surface area (Å²) >= 11 is 3.05. The standard InChI is InChI=1S/C13H7BrFN3O2/c14-8-5-12(13(18(19)20)6-9(8)15)17-7-16-10-3-1-2-4-11(10)17/h1-7H. The monoisotopic (exact) mass is 335 g/mol. The smallest absolute Gasteiger partial charge is 0.293 e. The fourth-order valence-electron chi connectivity index (χ4n) is 2.02. The molecule has 0 saturated carbocycles. The summed E-state index contributed by atoms with van der Waals surface area (Å²) in [5.41, 5.74) is 1.38. The predicted octanol–water partition coefficient (Wildman–Crippen LogP) is 3.84. The lowest BCUT2D eigenvalue weighted by atomic mass is 10.2. The third kappa shape index (κ3) is 1.96. The first-order chi connectivity index (χ1) is 9.58. The van der Waals surface area contributed by atoms with Crippen LogP contribution in [0.5, 0.6) is 0 Å². The summed E-state index contributed by atoms with van der Waals surface area (Å²) < 4.78 is 15.2. The average Bonchev–Trinajstić information content (AvgIpc) is 2.85. The highest BCUT2D eigenvalue weighted by Crippen LogP contribution is 2.31. The number of imidazole rings is 1. The molecule has 5 nitrogen and oxygen atoms in total. The Labute approximate surface area is 120 Å². The number of nitrogens with zero attached hydrogens (tertiary/aromatic N) is 3. The lowest BCUT2D eigenvalue weighted by Crippen LogP contribution is -2.00. The van der Waals surface area contributed by atoms with Crippen LogP contribution in [0.3, 0.4) is 0 Å². The Morgan fingerprint density at radius 1 is 1.30 bits per heavy atom. The number of nitro benzene ring substituents is 1. The minimum Gasteiger partial charge on any atom is -0.293 e. The van der Waals surface area contributed by atoms with Crippen molar-refractivity contribution in [3.8, 4) is 5.69 Å². The van der Waals surface area contributed by atoms with E-state index >= 15 is 0 Å². The third-order valence-corrected chi connectivity index (χ3v) is 3.53. The lowest BCUT2D eigenvalue weighted by molar-refractivity contribution is -0.384. The van der Waals surface area contributed by atoms with Gasteiger partial charge in [-0.2, -0.15) is 0 Å². The molecule has 0 aliphatic heterocycles. The number of para-hydroxylation sites is 2. The van der Waals surface area contributed by atoms with Crippen molar-refractivity contribution in [3.05, 3.63) is 63.1 Å². The van der Waals surface area contributed by atoms with E-state index in [1.54, 1.807) is 16.7 Å². The van der Waals surface area contributed by atoms with E-state index < -0.39 is 10.7 Å². The summed E-state index contributed by atoms with van der Waals surface area (Å²) in [6, 6.07) is 9.51. The number of rotatable bonds is 2. The number of benzene rings is 2. The Balaban J connectivity index is 2.34. The van der Waals surface area contributed by atoms with Gasteiger partial charge in [0.1, 0.15) is 17.8 Å². The van der Waals surface area contributed by atoms with Crippen molar-refractivity contribution < 1.29 is 9.31 Å². The fourth-order valence-corrected chi connectivity index (χ4v) is 2.35. The van der Waals surface area contributed by atoms with E-state index in [4.69, 9.17) is 0 Å². The van der Waals surface area contributed by atoms with E-state index in [1.807, 2.05) is 12.1 Å². The SMILES string of the molecule is O=[N+]([O-])c1cc(F)c(Br)cc1-n1cnc2ccccc21. The van der Waals surface area contributed by atoms with Crippen LogP contribution in [0.25, 0.3) is 16.7 Å². The van der Waals surface area contributed by atoms with E-state index in [0.717, 1.165) is 6.07 Å². The van der Waals surface area contributed by atoms with E-state index in [-0.39, 0.29) is 15.8 Å². The second-order valence-electron chi connectivity index (χ2n) is 4.12. The Kier molecular flexibility index (Phi) is 2.98. The zero-order valence-electron chi connectivity index (χ0n) is 9.96. The molecule has 0 aliphatic carbocycles. The van der Waals surface area contributed by atoms with Gasteiger partial charge in [-0.3, -0.25) is 14.7 Å². The molecule has 1 heterocycles. The molecule has 0 bridgehead atoms. The lowest BCUT2D eigenvalue weighted by Gasteiger charge is -2.06. The predicted molar refractivity (Wildman–Crippen MR) is 75.4 cm³/mol. The molecule has 0 saturated heterocycles. The van der Waals surface area contributed by atoms with Crippen LogP contribution in [0, 0.1) is 15.9 Å². The molecule has 100 valence electrons. The van der Waals surface area contributed by atoms with Crippen LogP contribution in [0.15, 0.2) is 47.2 Å². The molecule has 3 rings (SSSR count). The highest BCUT2D eigenvalue weighted by molar-refractivity contribution is 9.10. The molecule has 20 heavy (non-hydrogen) atoms. The molecule has 0 fully saturated rings. The number of hydrogen-bond donors (Lipinski definition) is 0. The molecule has 7 heteroatoms. The van der Waals surface area contributed by atoms with Crippen LogP contribution in [0.4, 0.5) is 10.1 Å². The second kappa shape index (κ2) is 4.68. The molecule has 3 aromatic rings. The van der Waals surface area contributed by atoms with Crippen LogP contribution < -0.4 is 0 Å². The number of hydrogen-bond acceptors (Lipinski definition) is 3. The highest BCUT2D eigenvalue weighted by Gasteiger charge is 2.20. The summed E-state index contributed by atoms with van der Waals surface area (Å²) in [5.74, 6) is -0.676. The minimum absolute atomic E-state index is 0.163. The molecule has 0 amide bonds. The van der Waals surface area contributed by atoms with Gasteiger partial charge in [0.05, 0.1) is 26.5 Å². The number of aromatic nitrogens is 2. The maximum atomic E-state index is 13.5. The Hall–Kier alpha value is -2.28. The van der Waals surface area contributed by atoms with Gasteiger partial charge < -0.3 is 0 Å². The van der Waals surface area contributed by atoms with Crippen LogP contribution in [0.2, 0.25) is 0 Å². The summed E-state index contributed by atoms with van der Waals surface area (Å²) in [6.07, 6.45) is 1.48. The van der Waals surface area contributed by atoms with Gasteiger partial charge in [-0.25, -0.2) is 9.37 Å². The molecule has 2 aromatic carbocycles.